The minimum atomic E-state index is 0.252. The van der Waals surface area contributed by atoms with Crippen molar-refractivity contribution < 1.29 is 4.42 Å². The first-order valence-corrected chi connectivity index (χ1v) is 8.69. The number of hydrogen-bond donors (Lipinski definition) is 1. The lowest BCUT2D eigenvalue weighted by Crippen LogP contribution is -2.33. The first-order chi connectivity index (χ1) is 13.3. The van der Waals surface area contributed by atoms with E-state index in [4.69, 9.17) is 10.2 Å². The van der Waals surface area contributed by atoms with Gasteiger partial charge in [-0.05, 0) is 0 Å². The zero-order chi connectivity index (χ0) is 18.2. The summed E-state index contributed by atoms with van der Waals surface area (Å²) in [6.45, 7) is 2.60. The number of aromatic nitrogens is 7. The van der Waals surface area contributed by atoms with Gasteiger partial charge in [0, 0.05) is 50.9 Å². The van der Waals surface area contributed by atoms with Crippen molar-refractivity contribution in [2.75, 3.05) is 18.8 Å². The van der Waals surface area contributed by atoms with E-state index in [0.29, 0.717) is 23.7 Å². The van der Waals surface area contributed by atoms with E-state index in [1.165, 1.54) is 6.26 Å². The largest absolute Gasteiger partial charge is 0.443 e. The van der Waals surface area contributed by atoms with Crippen molar-refractivity contribution in [3.8, 4) is 11.6 Å². The molecule has 2 N–H and O–H groups in total. The maximum atomic E-state index is 6.02. The second-order valence-corrected chi connectivity index (χ2v) is 6.36. The predicted octanol–water partition coefficient (Wildman–Crippen LogP) is 0.752. The Bertz CT molecular complexity index is 1090. The fourth-order valence-electron chi connectivity index (χ4n) is 3.26. The Morgan fingerprint density at radius 1 is 1.07 bits per heavy atom. The van der Waals surface area contributed by atoms with Gasteiger partial charge in [0.1, 0.15) is 12.0 Å². The Hall–Kier alpha value is -3.40. The van der Waals surface area contributed by atoms with Crippen molar-refractivity contribution in [2.24, 2.45) is 0 Å². The van der Waals surface area contributed by atoms with Crippen molar-refractivity contribution in [3.05, 3.63) is 48.1 Å². The second kappa shape index (κ2) is 6.40. The summed E-state index contributed by atoms with van der Waals surface area (Å²) in [7, 11) is 0. The smallest absolute Gasteiger partial charge is 0.245 e. The normalized spacial score (nSPS) is 14.5. The summed E-state index contributed by atoms with van der Waals surface area (Å²) in [6.07, 6.45) is 8.18. The van der Waals surface area contributed by atoms with Crippen LogP contribution < -0.4 is 5.73 Å². The quantitative estimate of drug-likeness (QED) is 0.559. The molecule has 0 bridgehead atoms. The molecule has 0 atom stereocenters. The van der Waals surface area contributed by atoms with Crippen molar-refractivity contribution in [2.45, 2.75) is 19.4 Å². The van der Waals surface area contributed by atoms with E-state index in [-0.39, 0.29) is 5.95 Å². The number of hydrogen-bond acceptors (Lipinski definition) is 9. The molecule has 1 aliphatic rings. The van der Waals surface area contributed by atoms with Crippen molar-refractivity contribution >= 4 is 11.6 Å². The molecular formula is C17H17N9O. The number of nitrogen functional groups attached to an aromatic ring is 1. The van der Waals surface area contributed by atoms with Crippen LogP contribution in [0.3, 0.4) is 0 Å². The Balaban J connectivity index is 1.33. The van der Waals surface area contributed by atoms with Crippen molar-refractivity contribution in [1.29, 1.82) is 0 Å². The van der Waals surface area contributed by atoms with Crippen molar-refractivity contribution in [1.82, 2.24) is 39.4 Å². The Morgan fingerprint density at radius 3 is 2.81 bits per heavy atom. The monoisotopic (exact) mass is 363 g/mol. The fraction of sp³-hybridized carbons (Fsp3) is 0.294. The van der Waals surface area contributed by atoms with Crippen LogP contribution in [-0.2, 0) is 19.4 Å². The molecule has 0 radical (unpaired) electrons. The zero-order valence-electron chi connectivity index (χ0n) is 14.5. The van der Waals surface area contributed by atoms with Crippen LogP contribution in [0.4, 0.5) is 5.95 Å². The highest BCUT2D eigenvalue weighted by molar-refractivity contribution is 5.58. The molecule has 5 heterocycles. The topological polar surface area (TPSA) is 124 Å². The molecule has 0 fully saturated rings. The Morgan fingerprint density at radius 2 is 1.96 bits per heavy atom. The van der Waals surface area contributed by atoms with Gasteiger partial charge >= 0.3 is 0 Å². The average molecular weight is 363 g/mol. The van der Waals surface area contributed by atoms with Crippen LogP contribution in [0.2, 0.25) is 0 Å². The summed E-state index contributed by atoms with van der Waals surface area (Å²) in [6, 6.07) is 1.77. The summed E-state index contributed by atoms with van der Waals surface area (Å²) < 4.78 is 6.82. The van der Waals surface area contributed by atoms with E-state index in [2.05, 4.69) is 34.9 Å². The summed E-state index contributed by atoms with van der Waals surface area (Å²) in [5, 5.41) is 4.48. The highest BCUT2D eigenvalue weighted by Crippen LogP contribution is 2.19. The third-order valence-corrected chi connectivity index (χ3v) is 4.60. The molecule has 10 nitrogen and oxygen atoms in total. The van der Waals surface area contributed by atoms with Crippen molar-refractivity contribution in [3.63, 3.8) is 0 Å². The molecule has 10 heteroatoms. The van der Waals surface area contributed by atoms with Gasteiger partial charge in [0.15, 0.2) is 11.5 Å². The number of rotatable bonds is 4. The third-order valence-electron chi connectivity index (χ3n) is 4.60. The van der Waals surface area contributed by atoms with Crippen LogP contribution in [0.15, 0.2) is 35.3 Å². The highest BCUT2D eigenvalue weighted by atomic mass is 16.3. The molecule has 136 valence electrons. The van der Waals surface area contributed by atoms with Gasteiger partial charge in [0.2, 0.25) is 11.8 Å². The molecule has 0 saturated carbocycles. The lowest BCUT2D eigenvalue weighted by molar-refractivity contribution is 0.249. The van der Waals surface area contributed by atoms with Crippen LogP contribution in [-0.4, -0.2) is 52.5 Å². The zero-order valence-corrected chi connectivity index (χ0v) is 14.5. The minimum absolute atomic E-state index is 0.252. The summed E-state index contributed by atoms with van der Waals surface area (Å²) >= 11 is 0. The van der Waals surface area contributed by atoms with E-state index < -0.39 is 0 Å². The molecule has 27 heavy (non-hydrogen) atoms. The van der Waals surface area contributed by atoms with E-state index in [0.717, 1.165) is 43.3 Å². The van der Waals surface area contributed by atoms with E-state index in [9.17, 15) is 0 Å². The number of anilines is 1. The van der Waals surface area contributed by atoms with Gasteiger partial charge in [-0.25, -0.2) is 15.0 Å². The van der Waals surface area contributed by atoms with Gasteiger partial charge in [-0.15, -0.1) is 5.10 Å². The molecule has 5 rings (SSSR count). The molecule has 4 aromatic rings. The Labute approximate surface area is 154 Å². The molecule has 0 amide bonds. The lowest BCUT2D eigenvalue weighted by atomic mass is 10.1. The van der Waals surface area contributed by atoms with Crippen LogP contribution in [0.1, 0.15) is 17.2 Å². The number of nitrogens with two attached hydrogens (primary N) is 1. The van der Waals surface area contributed by atoms with Crippen LogP contribution >= 0.6 is 0 Å². The molecule has 0 spiro atoms. The molecule has 0 unspecified atom stereocenters. The molecule has 1 aliphatic heterocycles. The minimum Gasteiger partial charge on any atom is -0.443 e. The SMILES string of the molecule is Nc1nc(-c2ncco2)cc2nc(CCN3CCc4nccnc4C3)nn12. The van der Waals surface area contributed by atoms with E-state index >= 15 is 0 Å². The van der Waals surface area contributed by atoms with Gasteiger partial charge in [0.05, 0.1) is 17.6 Å². The summed E-state index contributed by atoms with van der Waals surface area (Å²) in [5.41, 5.74) is 9.33. The van der Waals surface area contributed by atoms with E-state index in [1.54, 1.807) is 29.2 Å². The summed E-state index contributed by atoms with van der Waals surface area (Å²) in [4.78, 5) is 24.1. The third kappa shape index (κ3) is 2.99. The second-order valence-electron chi connectivity index (χ2n) is 6.36. The molecule has 0 saturated heterocycles. The Kier molecular flexibility index (Phi) is 3.75. The molecular weight excluding hydrogens is 346 g/mol. The highest BCUT2D eigenvalue weighted by Gasteiger charge is 2.19. The van der Waals surface area contributed by atoms with Gasteiger partial charge in [-0.1, -0.05) is 0 Å². The number of oxazole rings is 1. The molecule has 4 aromatic heterocycles. The van der Waals surface area contributed by atoms with E-state index in [1.807, 2.05) is 0 Å². The number of nitrogens with zero attached hydrogens (tertiary/aromatic N) is 8. The van der Waals surface area contributed by atoms with Gasteiger partial charge < -0.3 is 10.2 Å². The first-order valence-electron chi connectivity index (χ1n) is 8.69. The molecule has 0 aromatic carbocycles. The molecule has 0 aliphatic carbocycles. The maximum Gasteiger partial charge on any atom is 0.245 e. The first kappa shape index (κ1) is 15.8. The van der Waals surface area contributed by atoms with Gasteiger partial charge in [-0.3, -0.25) is 14.9 Å². The predicted molar refractivity (Wildman–Crippen MR) is 95.4 cm³/mol. The summed E-state index contributed by atoms with van der Waals surface area (Å²) in [5.74, 6) is 1.38. The average Bonchev–Trinajstić information content (AvgIpc) is 3.36. The van der Waals surface area contributed by atoms with Crippen LogP contribution in [0.5, 0.6) is 0 Å². The van der Waals surface area contributed by atoms with Crippen LogP contribution in [0, 0.1) is 0 Å². The van der Waals surface area contributed by atoms with Gasteiger partial charge in [-0.2, -0.15) is 4.52 Å². The van der Waals surface area contributed by atoms with Gasteiger partial charge in [0.25, 0.3) is 0 Å². The lowest BCUT2D eigenvalue weighted by Gasteiger charge is -2.26. The standard InChI is InChI=1S/C17H17N9O/c18-17-22-12(16-21-5-8-27-16)9-15-23-14(24-26(15)17)2-7-25-6-1-11-13(10-25)20-4-3-19-11/h3-5,8-9H,1-2,6-7,10H2,(H2,18,22). The number of fused-ring (bicyclic) bond motifs is 2. The fourth-order valence-corrected chi connectivity index (χ4v) is 3.26. The van der Waals surface area contributed by atoms with Crippen LogP contribution in [0.25, 0.3) is 17.2 Å². The maximum absolute atomic E-state index is 6.02.